The summed E-state index contributed by atoms with van der Waals surface area (Å²) in [6.07, 6.45) is 7.21. The van der Waals surface area contributed by atoms with Crippen LogP contribution >= 0.6 is 0 Å². The molecule has 1 aliphatic heterocycles. The van der Waals surface area contributed by atoms with E-state index in [4.69, 9.17) is 0 Å². The lowest BCUT2D eigenvalue weighted by molar-refractivity contribution is -0.127. The predicted molar refractivity (Wildman–Crippen MR) is 133 cm³/mol. The fourth-order valence-corrected chi connectivity index (χ4v) is 6.10. The Morgan fingerprint density at radius 3 is 2.64 bits per heavy atom. The van der Waals surface area contributed by atoms with Crippen LogP contribution in [0.4, 0.5) is 4.39 Å². The van der Waals surface area contributed by atoms with Gasteiger partial charge in [-0.25, -0.2) is 9.07 Å². The van der Waals surface area contributed by atoms with E-state index in [0.717, 1.165) is 28.9 Å². The molecule has 3 aliphatic rings. The maximum Gasteiger partial charge on any atom is 0.254 e. The van der Waals surface area contributed by atoms with E-state index >= 15 is 0 Å². The minimum Gasteiger partial charge on any atom is -0.389 e. The molecule has 2 aliphatic carbocycles. The van der Waals surface area contributed by atoms with Crippen molar-refractivity contribution in [1.29, 1.82) is 0 Å². The summed E-state index contributed by atoms with van der Waals surface area (Å²) in [6.45, 7) is 2.49. The van der Waals surface area contributed by atoms with E-state index in [1.165, 1.54) is 17.7 Å². The van der Waals surface area contributed by atoms with Crippen LogP contribution in [-0.2, 0) is 17.6 Å². The Morgan fingerprint density at radius 1 is 1.14 bits per heavy atom. The first-order chi connectivity index (χ1) is 17.3. The number of amides is 1. The molecule has 7 heteroatoms. The quantitative estimate of drug-likeness (QED) is 0.590. The zero-order chi connectivity index (χ0) is 25.1. The number of carbonyl (C=O) groups excluding carboxylic acids is 2. The largest absolute Gasteiger partial charge is 0.389 e. The average molecular weight is 486 g/mol. The summed E-state index contributed by atoms with van der Waals surface area (Å²) in [4.78, 5) is 25.8. The van der Waals surface area contributed by atoms with E-state index in [-0.39, 0.29) is 30.6 Å². The van der Waals surface area contributed by atoms with Crippen LogP contribution in [-0.4, -0.2) is 50.2 Å². The fraction of sp³-hybridized carbons (Fsp3) is 0.345. The molecule has 1 amide bonds. The molecule has 184 valence electrons. The van der Waals surface area contributed by atoms with Crippen LogP contribution in [0.5, 0.6) is 0 Å². The van der Waals surface area contributed by atoms with E-state index < -0.39 is 11.0 Å². The highest BCUT2D eigenvalue weighted by molar-refractivity contribution is 6.04. The molecule has 1 saturated carbocycles. The van der Waals surface area contributed by atoms with Crippen molar-refractivity contribution in [1.82, 2.24) is 14.7 Å². The predicted octanol–water partition coefficient (Wildman–Crippen LogP) is 4.14. The fourth-order valence-electron chi connectivity index (χ4n) is 6.10. The topological polar surface area (TPSA) is 75.4 Å². The number of hydrogen-bond donors (Lipinski definition) is 1. The number of halogens is 1. The molecule has 0 unspecified atom stereocenters. The molecule has 6 nitrogen and oxygen atoms in total. The van der Waals surface area contributed by atoms with Gasteiger partial charge < -0.3 is 10.0 Å². The van der Waals surface area contributed by atoms with Crippen LogP contribution in [0.15, 0.2) is 60.3 Å². The van der Waals surface area contributed by atoms with Gasteiger partial charge in [0, 0.05) is 11.0 Å². The first-order valence-corrected chi connectivity index (χ1v) is 12.4. The molecule has 2 atom stereocenters. The Bertz CT molecular complexity index is 1400. The van der Waals surface area contributed by atoms with E-state index in [9.17, 15) is 19.1 Å². The van der Waals surface area contributed by atoms with Gasteiger partial charge in [0.15, 0.2) is 5.78 Å². The van der Waals surface area contributed by atoms with Gasteiger partial charge >= 0.3 is 0 Å². The van der Waals surface area contributed by atoms with Crippen molar-refractivity contribution in [2.45, 2.75) is 44.6 Å². The lowest BCUT2D eigenvalue weighted by atomic mass is 9.65. The molecule has 2 heterocycles. The van der Waals surface area contributed by atoms with Crippen LogP contribution in [0.2, 0.25) is 0 Å². The Morgan fingerprint density at radius 2 is 1.89 bits per heavy atom. The van der Waals surface area contributed by atoms with E-state index in [1.54, 1.807) is 17.0 Å². The third kappa shape index (κ3) is 3.53. The number of ketones is 1. The number of fused-ring (bicyclic) bond motifs is 2. The highest BCUT2D eigenvalue weighted by atomic mass is 19.1. The molecule has 1 N–H and O–H groups in total. The molecule has 0 spiro atoms. The molecule has 6 rings (SSSR count). The van der Waals surface area contributed by atoms with Crippen LogP contribution in [0.25, 0.3) is 11.8 Å². The number of likely N-dealkylation sites (tertiary alicyclic amines) is 1. The number of aryl methyl sites for hydroxylation is 1. The molecule has 36 heavy (non-hydrogen) atoms. The van der Waals surface area contributed by atoms with Gasteiger partial charge in [-0.15, -0.1) is 0 Å². The number of aliphatic hydroxyl groups is 1. The Balaban J connectivity index is 1.24. The molecule has 1 saturated heterocycles. The van der Waals surface area contributed by atoms with Gasteiger partial charge in [0.05, 0.1) is 36.3 Å². The van der Waals surface area contributed by atoms with Gasteiger partial charge in [-0.1, -0.05) is 30.7 Å². The molecular formula is C29H28FN3O3. The summed E-state index contributed by atoms with van der Waals surface area (Å²) in [6, 6.07) is 13.8. The van der Waals surface area contributed by atoms with Gasteiger partial charge in [-0.3, -0.25) is 9.59 Å². The van der Waals surface area contributed by atoms with Crippen molar-refractivity contribution in [2.24, 2.45) is 5.41 Å². The second kappa shape index (κ2) is 8.23. The highest BCUT2D eigenvalue weighted by Crippen LogP contribution is 2.56. The standard InChI is InChI=1S/C29H28FN3O3/c1-28-15-20-16-31-33(23-8-6-22(30)7-9-23)26(20)14-21(28)11-13-29(28,36)12-10-19-4-2-3-5-25(19)27(35)32-17-24(34)18-32/h2-9,14,16,36H,10-13,15,17-18H2,1H3/t28-,29-/m0/s1. The summed E-state index contributed by atoms with van der Waals surface area (Å²) in [5.74, 6) is -0.327. The lowest BCUT2D eigenvalue weighted by Crippen LogP contribution is -2.50. The van der Waals surface area contributed by atoms with Crippen LogP contribution < -0.4 is 0 Å². The summed E-state index contributed by atoms with van der Waals surface area (Å²) >= 11 is 0. The summed E-state index contributed by atoms with van der Waals surface area (Å²) < 4.78 is 15.3. The SMILES string of the molecule is C[C@]12Cc3cnn(-c4ccc(F)cc4)c3C=C1CC[C@@]2(O)CCc1ccccc1C(=O)N1CC(=O)C1. The van der Waals surface area contributed by atoms with Crippen LogP contribution in [0, 0.1) is 11.2 Å². The number of rotatable bonds is 5. The number of benzene rings is 2. The maximum atomic E-state index is 13.4. The monoisotopic (exact) mass is 485 g/mol. The lowest BCUT2D eigenvalue weighted by Gasteiger charge is -2.42. The molecular weight excluding hydrogens is 457 g/mol. The number of nitrogens with zero attached hydrogens (tertiary/aromatic N) is 3. The van der Waals surface area contributed by atoms with Crippen LogP contribution in [0.1, 0.15) is 53.4 Å². The smallest absolute Gasteiger partial charge is 0.254 e. The van der Waals surface area contributed by atoms with Crippen molar-refractivity contribution < 1.29 is 19.1 Å². The first-order valence-electron chi connectivity index (χ1n) is 12.4. The average Bonchev–Trinajstić information content (AvgIpc) is 3.37. The van der Waals surface area contributed by atoms with E-state index in [1.807, 2.05) is 35.1 Å². The normalized spacial score (nSPS) is 24.7. The molecule has 2 aromatic carbocycles. The van der Waals surface area contributed by atoms with Crippen molar-refractivity contribution in [3.05, 3.63) is 88.5 Å². The Kier molecular flexibility index (Phi) is 5.23. The van der Waals surface area contributed by atoms with Crippen molar-refractivity contribution in [3.63, 3.8) is 0 Å². The van der Waals surface area contributed by atoms with Crippen molar-refractivity contribution in [3.8, 4) is 5.69 Å². The summed E-state index contributed by atoms with van der Waals surface area (Å²) in [5.41, 5.74) is 4.20. The van der Waals surface area contributed by atoms with Crippen LogP contribution in [0.3, 0.4) is 0 Å². The zero-order valence-corrected chi connectivity index (χ0v) is 20.2. The van der Waals surface area contributed by atoms with Gasteiger partial charge in [-0.05, 0) is 79.6 Å². The maximum absolute atomic E-state index is 13.4. The third-order valence-electron chi connectivity index (χ3n) is 8.43. The number of aromatic nitrogens is 2. The van der Waals surface area contributed by atoms with Gasteiger partial charge in [-0.2, -0.15) is 5.10 Å². The second-order valence-corrected chi connectivity index (χ2v) is 10.5. The van der Waals surface area contributed by atoms with E-state index in [0.29, 0.717) is 31.2 Å². The highest BCUT2D eigenvalue weighted by Gasteiger charge is 2.54. The minimum absolute atomic E-state index is 0.0766. The molecule has 3 aromatic rings. The Hall–Kier alpha value is -3.58. The third-order valence-corrected chi connectivity index (χ3v) is 8.43. The molecule has 0 bridgehead atoms. The minimum atomic E-state index is -0.919. The summed E-state index contributed by atoms with van der Waals surface area (Å²) in [5, 5.41) is 16.5. The van der Waals surface area contributed by atoms with Crippen molar-refractivity contribution >= 4 is 17.8 Å². The second-order valence-electron chi connectivity index (χ2n) is 10.5. The first kappa shape index (κ1) is 22.9. The number of carbonyl (C=O) groups is 2. The zero-order valence-electron chi connectivity index (χ0n) is 20.2. The number of Topliss-reactive ketones (excluding diaryl/α,β-unsaturated/α-hetero) is 1. The van der Waals surface area contributed by atoms with Crippen molar-refractivity contribution in [2.75, 3.05) is 13.1 Å². The molecule has 2 fully saturated rings. The Labute approximate surface area is 209 Å². The molecule has 1 aromatic heterocycles. The van der Waals surface area contributed by atoms with E-state index in [2.05, 4.69) is 18.1 Å². The van der Waals surface area contributed by atoms with Gasteiger partial charge in [0.25, 0.3) is 5.91 Å². The van der Waals surface area contributed by atoms with Gasteiger partial charge in [0.2, 0.25) is 0 Å². The number of hydrogen-bond acceptors (Lipinski definition) is 4. The molecule has 0 radical (unpaired) electrons. The summed E-state index contributed by atoms with van der Waals surface area (Å²) in [7, 11) is 0. The van der Waals surface area contributed by atoms with Gasteiger partial charge in [0.1, 0.15) is 5.82 Å².